The highest BCUT2D eigenvalue weighted by Crippen LogP contribution is 2.26. The maximum absolute atomic E-state index is 11.8. The van der Waals surface area contributed by atoms with Gasteiger partial charge in [-0.3, -0.25) is 0 Å². The van der Waals surface area contributed by atoms with Crippen LogP contribution in [0.5, 0.6) is 0 Å². The lowest BCUT2D eigenvalue weighted by molar-refractivity contribution is -0.303. The van der Waals surface area contributed by atoms with Gasteiger partial charge in [0.15, 0.2) is 0 Å². The van der Waals surface area contributed by atoms with Crippen LogP contribution in [0.1, 0.15) is 19.3 Å². The number of hydrogen-bond acceptors (Lipinski definition) is 2. The van der Waals surface area contributed by atoms with Crippen LogP contribution in [-0.4, -0.2) is 12.9 Å². The van der Waals surface area contributed by atoms with Crippen LogP contribution in [0.3, 0.4) is 0 Å². The van der Waals surface area contributed by atoms with Gasteiger partial charge >= 0.3 is 6.36 Å². The van der Waals surface area contributed by atoms with Crippen LogP contribution < -0.4 is 5.73 Å². The van der Waals surface area contributed by atoms with E-state index in [4.69, 9.17) is 5.73 Å². The summed E-state index contributed by atoms with van der Waals surface area (Å²) >= 11 is 0. The van der Waals surface area contributed by atoms with E-state index in [1.54, 1.807) is 6.08 Å². The Morgan fingerprint density at radius 1 is 1.47 bits per heavy atom. The van der Waals surface area contributed by atoms with Gasteiger partial charge in [0.1, 0.15) is 5.76 Å². The fraction of sp³-hybridized carbons (Fsp3) is 0.600. The van der Waals surface area contributed by atoms with Crippen molar-refractivity contribution in [1.82, 2.24) is 0 Å². The summed E-state index contributed by atoms with van der Waals surface area (Å²) in [6, 6.07) is 0. The Balaban J connectivity index is 2.36. The summed E-state index contributed by atoms with van der Waals surface area (Å²) in [6.45, 7) is 0.611. The van der Waals surface area contributed by atoms with E-state index in [9.17, 15) is 13.2 Å². The van der Waals surface area contributed by atoms with Gasteiger partial charge in [-0.2, -0.15) is 0 Å². The number of allylic oxidation sites excluding steroid dienone is 3. The zero-order valence-electron chi connectivity index (χ0n) is 8.26. The molecule has 0 spiro atoms. The Labute approximate surface area is 86.6 Å². The maximum atomic E-state index is 11.8. The van der Waals surface area contributed by atoms with E-state index < -0.39 is 6.36 Å². The summed E-state index contributed by atoms with van der Waals surface area (Å²) in [6.07, 6.45) is 2.37. The van der Waals surface area contributed by atoms with Gasteiger partial charge in [-0.15, -0.1) is 13.2 Å². The fourth-order valence-corrected chi connectivity index (χ4v) is 1.45. The summed E-state index contributed by atoms with van der Waals surface area (Å²) in [5, 5.41) is 0. The minimum absolute atomic E-state index is 0.119. The SMILES string of the molecule is NCCCC1C=CC(OC(F)(F)F)=CC1. The Morgan fingerprint density at radius 2 is 2.20 bits per heavy atom. The molecule has 0 heterocycles. The van der Waals surface area contributed by atoms with Gasteiger partial charge in [-0.25, -0.2) is 0 Å². The van der Waals surface area contributed by atoms with Crippen LogP contribution in [0.2, 0.25) is 0 Å². The molecule has 1 aliphatic rings. The van der Waals surface area contributed by atoms with E-state index in [1.807, 2.05) is 0 Å². The second kappa shape index (κ2) is 5.21. The lowest BCUT2D eigenvalue weighted by Crippen LogP contribution is -2.14. The summed E-state index contributed by atoms with van der Waals surface area (Å²) in [4.78, 5) is 0. The van der Waals surface area contributed by atoms with Gasteiger partial charge in [-0.1, -0.05) is 6.08 Å². The smallest absolute Gasteiger partial charge is 0.406 e. The van der Waals surface area contributed by atoms with Crippen molar-refractivity contribution in [3.8, 4) is 0 Å². The van der Waals surface area contributed by atoms with Crippen molar-refractivity contribution >= 4 is 0 Å². The summed E-state index contributed by atoms with van der Waals surface area (Å²) in [5.74, 6) is 0.167. The molecule has 0 amide bonds. The molecular weight excluding hydrogens is 207 g/mol. The quantitative estimate of drug-likeness (QED) is 0.792. The average Bonchev–Trinajstić information content (AvgIpc) is 2.14. The predicted molar refractivity (Wildman–Crippen MR) is 50.8 cm³/mol. The predicted octanol–water partition coefficient (Wildman–Crippen LogP) is 2.72. The molecule has 0 bridgehead atoms. The van der Waals surface area contributed by atoms with Gasteiger partial charge in [-0.05, 0) is 43.9 Å². The topological polar surface area (TPSA) is 35.2 Å². The van der Waals surface area contributed by atoms with Gasteiger partial charge in [0, 0.05) is 0 Å². The van der Waals surface area contributed by atoms with E-state index >= 15 is 0 Å². The van der Waals surface area contributed by atoms with Crippen molar-refractivity contribution in [2.24, 2.45) is 11.7 Å². The summed E-state index contributed by atoms with van der Waals surface area (Å²) < 4.78 is 39.3. The van der Waals surface area contributed by atoms with Crippen LogP contribution in [0, 0.1) is 5.92 Å². The molecule has 2 nitrogen and oxygen atoms in total. The van der Waals surface area contributed by atoms with E-state index in [0.29, 0.717) is 13.0 Å². The Bertz CT molecular complexity index is 258. The first kappa shape index (κ1) is 12.1. The van der Waals surface area contributed by atoms with Gasteiger partial charge < -0.3 is 10.5 Å². The van der Waals surface area contributed by atoms with E-state index in [2.05, 4.69) is 4.74 Å². The lowest BCUT2D eigenvalue weighted by Gasteiger charge is -2.17. The van der Waals surface area contributed by atoms with Crippen LogP contribution in [0.25, 0.3) is 0 Å². The van der Waals surface area contributed by atoms with Gasteiger partial charge in [0.05, 0.1) is 0 Å². The molecule has 1 rings (SSSR count). The molecule has 2 N–H and O–H groups in total. The van der Waals surface area contributed by atoms with E-state index in [-0.39, 0.29) is 11.7 Å². The third kappa shape index (κ3) is 4.88. The van der Waals surface area contributed by atoms with Crippen LogP contribution >= 0.6 is 0 Å². The molecule has 0 aromatic carbocycles. The molecule has 0 aromatic heterocycles. The highest BCUT2D eigenvalue weighted by atomic mass is 19.4. The molecule has 1 unspecified atom stereocenters. The molecule has 1 atom stereocenters. The van der Waals surface area contributed by atoms with Crippen molar-refractivity contribution in [2.45, 2.75) is 25.6 Å². The number of nitrogens with two attached hydrogens (primary N) is 1. The van der Waals surface area contributed by atoms with Gasteiger partial charge in [0.25, 0.3) is 0 Å². The number of rotatable bonds is 4. The molecule has 0 aromatic rings. The lowest BCUT2D eigenvalue weighted by atomic mass is 9.95. The van der Waals surface area contributed by atoms with Crippen molar-refractivity contribution in [3.63, 3.8) is 0 Å². The van der Waals surface area contributed by atoms with Crippen molar-refractivity contribution in [3.05, 3.63) is 24.0 Å². The number of ether oxygens (including phenoxy) is 1. The minimum atomic E-state index is -4.60. The first-order chi connectivity index (χ1) is 7.01. The van der Waals surface area contributed by atoms with Crippen molar-refractivity contribution in [1.29, 1.82) is 0 Å². The average molecular weight is 221 g/mol. The number of hydrogen-bond donors (Lipinski definition) is 1. The third-order valence-corrected chi connectivity index (χ3v) is 2.17. The Hall–Kier alpha value is -0.970. The maximum Gasteiger partial charge on any atom is 0.573 e. The normalized spacial score (nSPS) is 21.3. The molecule has 15 heavy (non-hydrogen) atoms. The fourth-order valence-electron chi connectivity index (χ4n) is 1.45. The highest BCUT2D eigenvalue weighted by Gasteiger charge is 2.31. The Morgan fingerprint density at radius 3 is 2.67 bits per heavy atom. The summed E-state index contributed by atoms with van der Waals surface area (Å²) in [5.41, 5.74) is 5.34. The first-order valence-electron chi connectivity index (χ1n) is 4.85. The van der Waals surface area contributed by atoms with Crippen molar-refractivity contribution in [2.75, 3.05) is 6.54 Å². The molecule has 0 aliphatic heterocycles. The number of alkyl halides is 3. The summed E-state index contributed by atoms with van der Waals surface area (Å²) in [7, 11) is 0. The van der Waals surface area contributed by atoms with Crippen LogP contribution in [0.15, 0.2) is 24.0 Å². The molecule has 0 saturated carbocycles. The highest BCUT2D eigenvalue weighted by molar-refractivity contribution is 5.18. The molecular formula is C10H14F3NO. The van der Waals surface area contributed by atoms with E-state index in [1.165, 1.54) is 12.2 Å². The van der Waals surface area contributed by atoms with E-state index in [0.717, 1.165) is 12.8 Å². The van der Waals surface area contributed by atoms with Crippen molar-refractivity contribution < 1.29 is 17.9 Å². The minimum Gasteiger partial charge on any atom is -0.406 e. The van der Waals surface area contributed by atoms with Crippen LogP contribution in [0.4, 0.5) is 13.2 Å². The zero-order chi connectivity index (χ0) is 11.3. The Kier molecular flexibility index (Phi) is 4.20. The molecule has 0 radical (unpaired) electrons. The van der Waals surface area contributed by atoms with Crippen LogP contribution in [-0.2, 0) is 4.74 Å². The molecule has 0 saturated heterocycles. The largest absolute Gasteiger partial charge is 0.573 e. The third-order valence-electron chi connectivity index (χ3n) is 2.17. The first-order valence-corrected chi connectivity index (χ1v) is 4.85. The standard InChI is InChI=1S/C10H14F3NO/c11-10(12,13)15-9-5-3-8(4-6-9)2-1-7-14/h3,5-6,8H,1-2,4,7,14H2. The number of halogens is 3. The molecule has 86 valence electrons. The molecule has 0 fully saturated rings. The second-order valence-electron chi connectivity index (χ2n) is 3.44. The monoisotopic (exact) mass is 221 g/mol. The molecule has 5 heteroatoms. The molecule has 1 aliphatic carbocycles. The second-order valence-corrected chi connectivity index (χ2v) is 3.44. The zero-order valence-corrected chi connectivity index (χ0v) is 8.26. The van der Waals surface area contributed by atoms with Gasteiger partial charge in [0.2, 0.25) is 0 Å².